The number of thioether (sulfide) groups is 1. The van der Waals surface area contributed by atoms with Gasteiger partial charge in [-0.05, 0) is 36.4 Å². The number of aromatic nitrogens is 3. The van der Waals surface area contributed by atoms with Crippen molar-refractivity contribution in [2.24, 2.45) is 0 Å². The highest BCUT2D eigenvalue weighted by Gasteiger charge is 2.27. The largest absolute Gasteiger partial charge is 0.497 e. The molecule has 1 heterocycles. The van der Waals surface area contributed by atoms with Gasteiger partial charge in [-0.3, -0.25) is 4.57 Å². The molecule has 2 aromatic carbocycles. The van der Waals surface area contributed by atoms with Gasteiger partial charge in [-0.2, -0.15) is 13.2 Å². The van der Waals surface area contributed by atoms with Gasteiger partial charge in [-0.15, -0.1) is 10.2 Å². The Labute approximate surface area is 164 Å². The minimum Gasteiger partial charge on any atom is -0.497 e. The third kappa shape index (κ3) is 4.59. The van der Waals surface area contributed by atoms with E-state index in [1.54, 1.807) is 49.1 Å². The van der Waals surface area contributed by atoms with Crippen LogP contribution in [0.5, 0.6) is 11.5 Å². The second kappa shape index (κ2) is 8.55. The van der Waals surface area contributed by atoms with Crippen molar-refractivity contribution in [3.63, 3.8) is 0 Å². The predicted octanol–water partition coefficient (Wildman–Crippen LogP) is 5.00. The zero-order valence-electron chi connectivity index (χ0n) is 15.2. The smallest absolute Gasteiger partial charge is 0.389 e. The van der Waals surface area contributed by atoms with E-state index in [1.165, 1.54) is 0 Å². The van der Waals surface area contributed by atoms with Crippen LogP contribution in [-0.2, 0) is 0 Å². The summed E-state index contributed by atoms with van der Waals surface area (Å²) in [6.45, 7) is 0. The van der Waals surface area contributed by atoms with Crippen LogP contribution >= 0.6 is 11.8 Å². The Balaban J connectivity index is 2.04. The molecule has 0 spiro atoms. The number of methoxy groups -OCH3 is 2. The van der Waals surface area contributed by atoms with E-state index >= 15 is 0 Å². The maximum absolute atomic E-state index is 12.5. The lowest BCUT2D eigenvalue weighted by Crippen LogP contribution is -2.08. The lowest BCUT2D eigenvalue weighted by Gasteiger charge is -2.13. The van der Waals surface area contributed by atoms with Crippen LogP contribution in [0, 0.1) is 0 Å². The third-order valence-electron chi connectivity index (χ3n) is 3.93. The summed E-state index contributed by atoms with van der Waals surface area (Å²) in [6, 6.07) is 14.4. The van der Waals surface area contributed by atoms with Gasteiger partial charge in [-0.25, -0.2) is 0 Å². The zero-order chi connectivity index (χ0) is 20.1. The molecule has 0 atom stereocenters. The summed E-state index contributed by atoms with van der Waals surface area (Å²) in [7, 11) is 3.11. The van der Waals surface area contributed by atoms with Crippen molar-refractivity contribution in [3.8, 4) is 28.6 Å². The molecule has 0 aliphatic rings. The highest BCUT2D eigenvalue weighted by Crippen LogP contribution is 2.34. The summed E-state index contributed by atoms with van der Waals surface area (Å²) < 4.78 is 49.9. The Hall–Kier alpha value is -2.68. The Bertz CT molecular complexity index is 927. The first kappa shape index (κ1) is 20.1. The number of ether oxygens (including phenoxy) is 2. The summed E-state index contributed by atoms with van der Waals surface area (Å²) >= 11 is 1.00. The summed E-state index contributed by atoms with van der Waals surface area (Å²) in [4.78, 5) is 0. The minimum atomic E-state index is -4.22. The van der Waals surface area contributed by atoms with Gasteiger partial charge >= 0.3 is 6.18 Å². The SMILES string of the molecule is COc1ccc(-n2c(SCCC(F)(F)F)nnc2-c2ccccc2OC)cc1. The molecule has 3 rings (SSSR count). The molecule has 0 aliphatic carbocycles. The first-order chi connectivity index (χ1) is 13.4. The first-order valence-corrected chi connectivity index (χ1v) is 9.34. The van der Waals surface area contributed by atoms with Gasteiger partial charge in [0, 0.05) is 5.75 Å². The lowest BCUT2D eigenvalue weighted by atomic mass is 10.2. The van der Waals surface area contributed by atoms with Crippen LogP contribution in [0.15, 0.2) is 53.7 Å². The molecule has 5 nitrogen and oxygen atoms in total. The highest BCUT2D eigenvalue weighted by atomic mass is 32.2. The maximum Gasteiger partial charge on any atom is 0.389 e. The molecule has 0 N–H and O–H groups in total. The van der Waals surface area contributed by atoms with Crippen molar-refractivity contribution >= 4 is 11.8 Å². The van der Waals surface area contributed by atoms with Gasteiger partial charge in [0.25, 0.3) is 0 Å². The summed E-state index contributed by atoms with van der Waals surface area (Å²) in [6.07, 6.45) is -5.12. The van der Waals surface area contributed by atoms with Gasteiger partial charge in [0.1, 0.15) is 11.5 Å². The summed E-state index contributed by atoms with van der Waals surface area (Å²) in [5.74, 6) is 1.60. The van der Waals surface area contributed by atoms with Crippen molar-refractivity contribution < 1.29 is 22.6 Å². The molecule has 148 valence electrons. The third-order valence-corrected chi connectivity index (χ3v) is 4.86. The van der Waals surface area contributed by atoms with E-state index in [0.29, 0.717) is 33.7 Å². The van der Waals surface area contributed by atoms with E-state index in [9.17, 15) is 13.2 Å². The Morgan fingerprint density at radius 3 is 2.32 bits per heavy atom. The molecule has 9 heteroatoms. The molecule has 28 heavy (non-hydrogen) atoms. The average Bonchev–Trinajstić information content (AvgIpc) is 3.10. The van der Waals surface area contributed by atoms with Crippen LogP contribution in [0.4, 0.5) is 13.2 Å². The number of rotatable bonds is 7. The van der Waals surface area contributed by atoms with E-state index in [4.69, 9.17) is 9.47 Å². The fourth-order valence-electron chi connectivity index (χ4n) is 2.59. The zero-order valence-corrected chi connectivity index (χ0v) is 16.0. The monoisotopic (exact) mass is 409 g/mol. The van der Waals surface area contributed by atoms with Gasteiger partial charge < -0.3 is 9.47 Å². The molecule has 0 bridgehead atoms. The van der Waals surface area contributed by atoms with Gasteiger partial charge in [0.15, 0.2) is 11.0 Å². The van der Waals surface area contributed by atoms with Crippen LogP contribution in [-0.4, -0.2) is 40.9 Å². The predicted molar refractivity (Wildman–Crippen MR) is 101 cm³/mol. The fourth-order valence-corrected chi connectivity index (χ4v) is 3.52. The number of hydrogen-bond donors (Lipinski definition) is 0. The number of hydrogen-bond acceptors (Lipinski definition) is 5. The molecule has 0 aliphatic heterocycles. The summed E-state index contributed by atoms with van der Waals surface area (Å²) in [5, 5.41) is 8.73. The van der Waals surface area contributed by atoms with E-state index in [1.807, 2.05) is 18.2 Å². The standard InChI is InChI=1S/C19H18F3N3O2S/c1-26-14-9-7-13(8-10-14)25-17(15-5-3-4-6-16(15)27-2)23-24-18(25)28-12-11-19(20,21)22/h3-10H,11-12H2,1-2H3. The van der Waals surface area contributed by atoms with Gasteiger partial charge in [0.2, 0.25) is 0 Å². The molecular weight excluding hydrogens is 391 g/mol. The van der Waals surface area contributed by atoms with E-state index < -0.39 is 12.6 Å². The van der Waals surface area contributed by atoms with Crippen molar-refractivity contribution in [2.45, 2.75) is 17.8 Å². The number of halogens is 3. The number of alkyl halides is 3. The molecule has 0 fully saturated rings. The maximum atomic E-state index is 12.5. The second-order valence-corrected chi connectivity index (χ2v) is 6.82. The molecule has 3 aromatic rings. The molecule has 0 amide bonds. The summed E-state index contributed by atoms with van der Waals surface area (Å²) in [5.41, 5.74) is 1.40. The van der Waals surface area contributed by atoms with Crippen LogP contribution in [0.1, 0.15) is 6.42 Å². The molecule has 0 radical (unpaired) electrons. The van der Waals surface area contributed by atoms with Gasteiger partial charge in [0.05, 0.1) is 31.9 Å². The van der Waals surface area contributed by atoms with Crippen molar-refractivity contribution in [2.75, 3.05) is 20.0 Å². The molecule has 1 aromatic heterocycles. The topological polar surface area (TPSA) is 49.2 Å². The average molecular weight is 409 g/mol. The molecule has 0 saturated carbocycles. The molecule has 0 saturated heterocycles. The quantitative estimate of drug-likeness (QED) is 0.514. The van der Waals surface area contributed by atoms with E-state index in [0.717, 1.165) is 11.8 Å². The van der Waals surface area contributed by atoms with Crippen molar-refractivity contribution in [1.82, 2.24) is 14.8 Å². The van der Waals surface area contributed by atoms with Crippen molar-refractivity contribution in [1.29, 1.82) is 0 Å². The van der Waals surface area contributed by atoms with Crippen LogP contribution < -0.4 is 9.47 Å². The Kier molecular flexibility index (Phi) is 6.13. The van der Waals surface area contributed by atoms with E-state index in [2.05, 4.69) is 10.2 Å². The number of para-hydroxylation sites is 1. The number of nitrogens with zero attached hydrogens (tertiary/aromatic N) is 3. The fraction of sp³-hybridized carbons (Fsp3) is 0.263. The van der Waals surface area contributed by atoms with E-state index in [-0.39, 0.29) is 5.75 Å². The highest BCUT2D eigenvalue weighted by molar-refractivity contribution is 7.99. The Morgan fingerprint density at radius 1 is 0.964 bits per heavy atom. The lowest BCUT2D eigenvalue weighted by molar-refractivity contribution is -0.129. The van der Waals surface area contributed by atoms with Crippen molar-refractivity contribution in [3.05, 3.63) is 48.5 Å². The first-order valence-electron chi connectivity index (χ1n) is 8.35. The van der Waals surface area contributed by atoms with Crippen LogP contribution in [0.25, 0.3) is 17.1 Å². The second-order valence-electron chi connectivity index (χ2n) is 5.75. The molecule has 0 unspecified atom stereocenters. The minimum absolute atomic E-state index is 0.149. The van der Waals surface area contributed by atoms with Gasteiger partial charge in [-0.1, -0.05) is 23.9 Å². The normalized spacial score (nSPS) is 11.5. The Morgan fingerprint density at radius 2 is 1.68 bits per heavy atom. The van der Waals surface area contributed by atoms with Crippen LogP contribution in [0.2, 0.25) is 0 Å². The molecular formula is C19H18F3N3O2S. The van der Waals surface area contributed by atoms with Crippen LogP contribution in [0.3, 0.4) is 0 Å². The number of benzene rings is 2.